The predicted octanol–water partition coefficient (Wildman–Crippen LogP) is 5.99. The minimum absolute atomic E-state index is 0.0652. The van der Waals surface area contributed by atoms with E-state index in [1.165, 1.54) is 34.2 Å². The van der Waals surface area contributed by atoms with E-state index in [2.05, 4.69) is 36.1 Å². The van der Waals surface area contributed by atoms with E-state index in [0.29, 0.717) is 15.4 Å². The van der Waals surface area contributed by atoms with Crippen LogP contribution in [0, 0.1) is 6.92 Å². The van der Waals surface area contributed by atoms with Crippen molar-refractivity contribution in [2.45, 2.75) is 38.3 Å². The van der Waals surface area contributed by atoms with Gasteiger partial charge in [-0.15, -0.1) is 11.3 Å². The number of aromatic nitrogens is 2. The Bertz CT molecular complexity index is 1310. The summed E-state index contributed by atoms with van der Waals surface area (Å²) in [7, 11) is 0. The molecule has 0 aliphatic heterocycles. The first-order valence-corrected chi connectivity index (χ1v) is 12.2. The second-order valence-corrected chi connectivity index (χ2v) is 10.6. The first-order valence-electron chi connectivity index (χ1n) is 10.3. The van der Waals surface area contributed by atoms with Crippen molar-refractivity contribution in [3.63, 3.8) is 0 Å². The van der Waals surface area contributed by atoms with Crippen LogP contribution in [0.25, 0.3) is 21.3 Å². The highest BCUT2D eigenvalue weighted by Gasteiger charge is 2.15. The van der Waals surface area contributed by atoms with Crippen molar-refractivity contribution >= 4 is 44.9 Å². The number of benzene rings is 2. The molecule has 4 aromatic rings. The van der Waals surface area contributed by atoms with Gasteiger partial charge in [0.05, 0.1) is 11.1 Å². The Morgan fingerprint density at radius 1 is 1.09 bits per heavy atom. The lowest BCUT2D eigenvalue weighted by Crippen LogP contribution is -2.16. The molecule has 0 saturated carbocycles. The molecule has 0 saturated heterocycles. The molecule has 5 nitrogen and oxygen atoms in total. The van der Waals surface area contributed by atoms with E-state index >= 15 is 0 Å². The molecule has 2 aromatic heterocycles. The molecule has 2 aromatic carbocycles. The Labute approximate surface area is 195 Å². The Morgan fingerprint density at radius 2 is 1.78 bits per heavy atom. The molecule has 0 bridgehead atoms. The molecular formula is C25H25N3O2S2. The number of H-pyrrole nitrogens is 1. The van der Waals surface area contributed by atoms with Crippen molar-refractivity contribution in [1.29, 1.82) is 0 Å². The van der Waals surface area contributed by atoms with Crippen LogP contribution in [-0.4, -0.2) is 21.6 Å². The van der Waals surface area contributed by atoms with Crippen molar-refractivity contribution in [1.82, 2.24) is 9.97 Å². The predicted molar refractivity (Wildman–Crippen MR) is 135 cm³/mol. The van der Waals surface area contributed by atoms with E-state index in [4.69, 9.17) is 0 Å². The van der Waals surface area contributed by atoms with Crippen molar-refractivity contribution in [3.05, 3.63) is 75.4 Å². The number of thiophene rings is 1. The highest BCUT2D eigenvalue weighted by molar-refractivity contribution is 7.99. The Morgan fingerprint density at radius 3 is 2.44 bits per heavy atom. The lowest BCUT2D eigenvalue weighted by atomic mass is 9.87. The fourth-order valence-corrected chi connectivity index (χ4v) is 4.99. The maximum Gasteiger partial charge on any atom is 0.260 e. The molecule has 0 unspecified atom stereocenters. The molecule has 32 heavy (non-hydrogen) atoms. The smallest absolute Gasteiger partial charge is 0.260 e. The molecule has 1 amide bonds. The molecule has 0 atom stereocenters. The second-order valence-electron chi connectivity index (χ2n) is 8.73. The number of hydrogen-bond donors (Lipinski definition) is 2. The molecule has 2 heterocycles. The van der Waals surface area contributed by atoms with E-state index < -0.39 is 0 Å². The number of thioether (sulfide) groups is 1. The van der Waals surface area contributed by atoms with Gasteiger partial charge in [-0.2, -0.15) is 0 Å². The van der Waals surface area contributed by atoms with Gasteiger partial charge >= 0.3 is 0 Å². The van der Waals surface area contributed by atoms with Crippen molar-refractivity contribution in [3.8, 4) is 11.1 Å². The summed E-state index contributed by atoms with van der Waals surface area (Å²) in [6, 6.07) is 16.0. The molecule has 2 N–H and O–H groups in total. The van der Waals surface area contributed by atoms with Gasteiger partial charge in [-0.1, -0.05) is 74.5 Å². The molecule has 0 fully saturated rings. The van der Waals surface area contributed by atoms with Crippen LogP contribution < -0.4 is 10.9 Å². The van der Waals surface area contributed by atoms with E-state index in [1.807, 2.05) is 60.8 Å². The number of anilines is 1. The van der Waals surface area contributed by atoms with Crippen molar-refractivity contribution < 1.29 is 4.79 Å². The molecule has 164 valence electrons. The van der Waals surface area contributed by atoms with Gasteiger partial charge in [0, 0.05) is 16.6 Å². The van der Waals surface area contributed by atoms with Crippen LogP contribution in [0.15, 0.2) is 63.9 Å². The normalized spacial score (nSPS) is 11.6. The van der Waals surface area contributed by atoms with Crippen LogP contribution in [-0.2, 0) is 10.2 Å². The zero-order chi connectivity index (χ0) is 22.9. The summed E-state index contributed by atoms with van der Waals surface area (Å²) in [5.41, 5.74) is 4.88. The molecule has 0 aliphatic carbocycles. The number of carbonyl (C=O) groups is 1. The number of hydrogen-bond acceptors (Lipinski definition) is 5. The zero-order valence-corrected chi connectivity index (χ0v) is 20.1. The summed E-state index contributed by atoms with van der Waals surface area (Å²) in [5, 5.41) is 5.89. The number of amides is 1. The van der Waals surface area contributed by atoms with E-state index in [1.54, 1.807) is 0 Å². The summed E-state index contributed by atoms with van der Waals surface area (Å²) >= 11 is 2.66. The number of rotatable bonds is 5. The van der Waals surface area contributed by atoms with Gasteiger partial charge in [0.25, 0.3) is 5.56 Å². The van der Waals surface area contributed by atoms with Gasteiger partial charge in [0.1, 0.15) is 4.83 Å². The highest BCUT2D eigenvalue weighted by atomic mass is 32.2. The summed E-state index contributed by atoms with van der Waals surface area (Å²) in [4.78, 5) is 33.2. The van der Waals surface area contributed by atoms with Crippen molar-refractivity contribution in [2.75, 3.05) is 11.1 Å². The first-order chi connectivity index (χ1) is 15.2. The summed E-state index contributed by atoms with van der Waals surface area (Å²) in [6.07, 6.45) is 0. The fourth-order valence-electron chi connectivity index (χ4n) is 3.33. The van der Waals surface area contributed by atoms with Crippen LogP contribution in [0.1, 0.15) is 31.9 Å². The van der Waals surface area contributed by atoms with Crippen LogP contribution >= 0.6 is 23.1 Å². The second kappa shape index (κ2) is 8.92. The number of fused-ring (bicyclic) bond motifs is 1. The largest absolute Gasteiger partial charge is 0.325 e. The van der Waals surface area contributed by atoms with Gasteiger partial charge < -0.3 is 10.3 Å². The van der Waals surface area contributed by atoms with Gasteiger partial charge in [0.15, 0.2) is 5.16 Å². The standard InChI is InChI=1S/C25H25N3O2S2/c1-15-5-7-16(8-6-15)19-13-31-23-21(19)22(30)27-24(28-23)32-14-20(29)26-18-11-9-17(10-12-18)25(2,3)4/h5-13H,14H2,1-4H3,(H,26,29)(H,27,28,30). The number of aryl methyl sites for hydroxylation is 1. The molecule has 7 heteroatoms. The van der Waals surface area contributed by atoms with Gasteiger partial charge in [-0.25, -0.2) is 4.98 Å². The Hall–Kier alpha value is -2.90. The van der Waals surface area contributed by atoms with Crippen molar-refractivity contribution in [2.24, 2.45) is 0 Å². The monoisotopic (exact) mass is 463 g/mol. The molecule has 4 rings (SSSR count). The van der Waals surface area contributed by atoms with Crippen LogP contribution in [0.5, 0.6) is 0 Å². The first kappa shape index (κ1) is 22.3. The Kier molecular flexibility index (Phi) is 6.22. The lowest BCUT2D eigenvalue weighted by Gasteiger charge is -2.19. The van der Waals surface area contributed by atoms with Gasteiger partial charge in [0.2, 0.25) is 5.91 Å². The third-order valence-electron chi connectivity index (χ3n) is 5.16. The average molecular weight is 464 g/mol. The van der Waals surface area contributed by atoms with Gasteiger partial charge in [-0.05, 0) is 35.6 Å². The number of carbonyl (C=O) groups excluding carboxylic acids is 1. The van der Waals surface area contributed by atoms with Crippen LogP contribution in [0.3, 0.4) is 0 Å². The third-order valence-corrected chi connectivity index (χ3v) is 6.90. The summed E-state index contributed by atoms with van der Waals surface area (Å²) < 4.78 is 0. The average Bonchev–Trinajstić information content (AvgIpc) is 3.17. The van der Waals surface area contributed by atoms with E-state index in [9.17, 15) is 9.59 Å². The molecule has 0 aliphatic rings. The number of nitrogens with one attached hydrogen (secondary N) is 2. The van der Waals surface area contributed by atoms with E-state index in [0.717, 1.165) is 16.8 Å². The lowest BCUT2D eigenvalue weighted by molar-refractivity contribution is -0.113. The minimum atomic E-state index is -0.187. The molecule has 0 spiro atoms. The Balaban J connectivity index is 1.45. The summed E-state index contributed by atoms with van der Waals surface area (Å²) in [6.45, 7) is 8.49. The minimum Gasteiger partial charge on any atom is -0.325 e. The fraction of sp³-hybridized carbons (Fsp3) is 0.240. The quantitative estimate of drug-likeness (QED) is 0.282. The SMILES string of the molecule is Cc1ccc(-c2csc3nc(SCC(=O)Nc4ccc(C(C)(C)C)cc4)[nH]c(=O)c23)cc1. The van der Waals surface area contributed by atoms with Crippen LogP contribution in [0.4, 0.5) is 5.69 Å². The van der Waals surface area contributed by atoms with E-state index in [-0.39, 0.29) is 22.6 Å². The molecule has 0 radical (unpaired) electrons. The summed E-state index contributed by atoms with van der Waals surface area (Å²) in [5.74, 6) is 0.0128. The van der Waals surface area contributed by atoms with Crippen LogP contribution in [0.2, 0.25) is 0 Å². The maximum atomic E-state index is 12.8. The number of nitrogens with zero attached hydrogens (tertiary/aromatic N) is 1. The molecular weight excluding hydrogens is 438 g/mol. The van der Waals surface area contributed by atoms with Gasteiger partial charge in [-0.3, -0.25) is 9.59 Å². The topological polar surface area (TPSA) is 74.8 Å². The zero-order valence-electron chi connectivity index (χ0n) is 18.5. The maximum absolute atomic E-state index is 12.8. The third kappa shape index (κ3) is 4.95. The number of aromatic amines is 1. The highest BCUT2D eigenvalue weighted by Crippen LogP contribution is 2.31.